The Kier molecular flexibility index (Phi) is 2.40. The first-order valence-corrected chi connectivity index (χ1v) is 5.10. The van der Waals surface area contributed by atoms with Gasteiger partial charge in [-0.3, -0.25) is 10.3 Å². The van der Waals surface area contributed by atoms with Gasteiger partial charge in [-0.2, -0.15) is 0 Å². The Morgan fingerprint density at radius 1 is 1.23 bits per heavy atom. The van der Waals surface area contributed by atoms with Crippen LogP contribution in [0.5, 0.6) is 0 Å². The second kappa shape index (κ2) is 3.54. The second-order valence-corrected chi connectivity index (χ2v) is 4.02. The van der Waals surface area contributed by atoms with Crippen LogP contribution in [0, 0.1) is 5.41 Å². The number of hydrogen-bond donors (Lipinski definition) is 2. The lowest BCUT2D eigenvalue weighted by Crippen LogP contribution is -2.39. The van der Waals surface area contributed by atoms with Crippen LogP contribution in [0.15, 0.2) is 0 Å². The molecule has 2 heterocycles. The highest BCUT2D eigenvalue weighted by Crippen LogP contribution is 2.19. The van der Waals surface area contributed by atoms with Crippen LogP contribution in [-0.4, -0.2) is 48.0 Å². The summed E-state index contributed by atoms with van der Waals surface area (Å²) in [4.78, 5) is 4.52. The van der Waals surface area contributed by atoms with Crippen molar-refractivity contribution >= 4 is 5.96 Å². The summed E-state index contributed by atoms with van der Waals surface area (Å²) in [5.41, 5.74) is 5.45. The third-order valence-electron chi connectivity index (χ3n) is 3.16. The molecule has 0 amide bonds. The van der Waals surface area contributed by atoms with Gasteiger partial charge in [0.25, 0.3) is 0 Å². The van der Waals surface area contributed by atoms with Crippen LogP contribution in [0.1, 0.15) is 19.3 Å². The van der Waals surface area contributed by atoms with E-state index < -0.39 is 0 Å². The molecule has 74 valence electrons. The van der Waals surface area contributed by atoms with Crippen LogP contribution in [0.4, 0.5) is 0 Å². The summed E-state index contributed by atoms with van der Waals surface area (Å²) in [7, 11) is 0. The van der Waals surface area contributed by atoms with Crippen molar-refractivity contribution in [1.82, 2.24) is 9.80 Å². The highest BCUT2D eigenvalue weighted by atomic mass is 15.3. The summed E-state index contributed by atoms with van der Waals surface area (Å²) in [6.07, 6.45) is 3.87. The van der Waals surface area contributed by atoms with Crippen molar-refractivity contribution in [2.24, 2.45) is 5.73 Å². The maximum absolute atomic E-state index is 7.34. The molecule has 0 spiro atoms. The minimum atomic E-state index is 0.238. The van der Waals surface area contributed by atoms with E-state index in [9.17, 15) is 0 Å². The molecule has 0 bridgehead atoms. The molecule has 0 aliphatic carbocycles. The van der Waals surface area contributed by atoms with E-state index in [1.165, 1.54) is 32.4 Å². The SMILES string of the molecule is N=C(N)N1CCC(N2CCCC2)C1. The number of nitrogens with one attached hydrogen (secondary N) is 1. The van der Waals surface area contributed by atoms with Gasteiger partial charge in [0.2, 0.25) is 0 Å². The lowest BCUT2D eigenvalue weighted by Gasteiger charge is -2.23. The summed E-state index contributed by atoms with van der Waals surface area (Å²) in [5, 5.41) is 7.34. The average Bonchev–Trinajstić information content (AvgIpc) is 2.75. The van der Waals surface area contributed by atoms with Crippen molar-refractivity contribution in [2.45, 2.75) is 25.3 Å². The minimum Gasteiger partial charge on any atom is -0.370 e. The average molecular weight is 182 g/mol. The Hall–Kier alpha value is -0.770. The number of guanidine groups is 1. The van der Waals surface area contributed by atoms with Gasteiger partial charge in [-0.25, -0.2) is 0 Å². The third-order valence-corrected chi connectivity index (χ3v) is 3.16. The van der Waals surface area contributed by atoms with Gasteiger partial charge in [-0.05, 0) is 32.4 Å². The molecule has 0 aromatic rings. The zero-order valence-electron chi connectivity index (χ0n) is 8.00. The topological polar surface area (TPSA) is 56.4 Å². The fourth-order valence-corrected chi connectivity index (χ4v) is 2.37. The predicted octanol–water partition coefficient (Wildman–Crippen LogP) is 0.0500. The van der Waals surface area contributed by atoms with E-state index in [1.54, 1.807) is 0 Å². The molecule has 2 aliphatic heterocycles. The van der Waals surface area contributed by atoms with Crippen LogP contribution >= 0.6 is 0 Å². The standard InChI is InChI=1S/C9H18N4/c10-9(11)13-6-3-8(7-13)12-4-1-2-5-12/h8H,1-7H2,(H3,10,11). The monoisotopic (exact) mass is 182 g/mol. The zero-order chi connectivity index (χ0) is 9.26. The molecular weight excluding hydrogens is 164 g/mol. The molecule has 2 fully saturated rings. The molecule has 13 heavy (non-hydrogen) atoms. The molecule has 0 radical (unpaired) electrons. The number of rotatable bonds is 1. The van der Waals surface area contributed by atoms with Crippen molar-refractivity contribution in [3.8, 4) is 0 Å². The Labute approximate surface area is 79.2 Å². The number of nitrogens with two attached hydrogens (primary N) is 1. The highest BCUT2D eigenvalue weighted by Gasteiger charge is 2.29. The number of nitrogens with zero attached hydrogens (tertiary/aromatic N) is 2. The molecule has 4 nitrogen and oxygen atoms in total. The Morgan fingerprint density at radius 3 is 2.46 bits per heavy atom. The Morgan fingerprint density at radius 2 is 1.92 bits per heavy atom. The number of likely N-dealkylation sites (tertiary alicyclic amines) is 2. The van der Waals surface area contributed by atoms with Crippen LogP contribution in [0.25, 0.3) is 0 Å². The van der Waals surface area contributed by atoms with Gasteiger partial charge in [0.15, 0.2) is 5.96 Å². The smallest absolute Gasteiger partial charge is 0.188 e. The molecule has 4 heteroatoms. The molecule has 0 aromatic heterocycles. The molecule has 0 saturated carbocycles. The third kappa shape index (κ3) is 1.77. The van der Waals surface area contributed by atoms with Crippen LogP contribution < -0.4 is 5.73 Å². The van der Waals surface area contributed by atoms with Crippen molar-refractivity contribution in [3.05, 3.63) is 0 Å². The van der Waals surface area contributed by atoms with E-state index in [-0.39, 0.29) is 5.96 Å². The van der Waals surface area contributed by atoms with E-state index in [4.69, 9.17) is 11.1 Å². The summed E-state index contributed by atoms with van der Waals surface area (Å²) in [6.45, 7) is 4.43. The Bertz CT molecular complexity index is 198. The summed E-state index contributed by atoms with van der Waals surface area (Å²) in [6, 6.07) is 0.659. The molecule has 2 aliphatic rings. The van der Waals surface area contributed by atoms with Crippen molar-refractivity contribution in [2.75, 3.05) is 26.2 Å². The van der Waals surface area contributed by atoms with Gasteiger partial charge >= 0.3 is 0 Å². The highest BCUT2D eigenvalue weighted by molar-refractivity contribution is 5.74. The van der Waals surface area contributed by atoms with Crippen LogP contribution in [0.3, 0.4) is 0 Å². The normalized spacial score (nSPS) is 29.8. The first kappa shape index (κ1) is 8.81. The Balaban J connectivity index is 1.86. The summed E-state index contributed by atoms with van der Waals surface area (Å²) >= 11 is 0. The van der Waals surface area contributed by atoms with Crippen LogP contribution in [0.2, 0.25) is 0 Å². The molecule has 2 rings (SSSR count). The maximum Gasteiger partial charge on any atom is 0.188 e. The largest absolute Gasteiger partial charge is 0.370 e. The molecule has 0 aromatic carbocycles. The van der Waals surface area contributed by atoms with Gasteiger partial charge in [-0.1, -0.05) is 0 Å². The van der Waals surface area contributed by atoms with Gasteiger partial charge in [0, 0.05) is 19.1 Å². The molecular formula is C9H18N4. The van der Waals surface area contributed by atoms with E-state index in [1.807, 2.05) is 4.90 Å². The molecule has 1 unspecified atom stereocenters. The van der Waals surface area contributed by atoms with Gasteiger partial charge < -0.3 is 10.6 Å². The first-order valence-electron chi connectivity index (χ1n) is 5.10. The predicted molar refractivity (Wildman–Crippen MR) is 52.7 cm³/mol. The van der Waals surface area contributed by atoms with Gasteiger partial charge in [0.1, 0.15) is 0 Å². The van der Waals surface area contributed by atoms with Gasteiger partial charge in [-0.15, -0.1) is 0 Å². The van der Waals surface area contributed by atoms with Crippen molar-refractivity contribution in [1.29, 1.82) is 5.41 Å². The van der Waals surface area contributed by atoms with Gasteiger partial charge in [0.05, 0.1) is 0 Å². The second-order valence-electron chi connectivity index (χ2n) is 4.02. The molecule has 1 atom stereocenters. The molecule has 3 N–H and O–H groups in total. The lowest BCUT2D eigenvalue weighted by atomic mass is 10.2. The van der Waals surface area contributed by atoms with E-state index in [0.717, 1.165) is 13.1 Å². The summed E-state index contributed by atoms with van der Waals surface area (Å²) < 4.78 is 0. The van der Waals surface area contributed by atoms with Crippen molar-refractivity contribution in [3.63, 3.8) is 0 Å². The minimum absolute atomic E-state index is 0.238. The van der Waals surface area contributed by atoms with Crippen molar-refractivity contribution < 1.29 is 0 Å². The fraction of sp³-hybridized carbons (Fsp3) is 0.889. The van der Waals surface area contributed by atoms with Crippen LogP contribution in [-0.2, 0) is 0 Å². The van der Waals surface area contributed by atoms with E-state index >= 15 is 0 Å². The summed E-state index contributed by atoms with van der Waals surface area (Å²) in [5.74, 6) is 0.238. The lowest BCUT2D eigenvalue weighted by molar-refractivity contribution is 0.249. The van der Waals surface area contributed by atoms with E-state index in [2.05, 4.69) is 4.90 Å². The number of hydrogen-bond acceptors (Lipinski definition) is 2. The quantitative estimate of drug-likeness (QED) is 0.445. The van der Waals surface area contributed by atoms with E-state index in [0.29, 0.717) is 6.04 Å². The molecule has 2 saturated heterocycles. The zero-order valence-corrected chi connectivity index (χ0v) is 8.00. The maximum atomic E-state index is 7.34. The fourth-order valence-electron chi connectivity index (χ4n) is 2.37. The first-order chi connectivity index (χ1) is 6.27.